The fraction of sp³-hybridized carbons (Fsp3) is 0.235. The van der Waals surface area contributed by atoms with Crippen LogP contribution in [0.1, 0.15) is 15.9 Å². The van der Waals surface area contributed by atoms with Crippen molar-refractivity contribution in [2.24, 2.45) is 0 Å². The topological polar surface area (TPSA) is 72.8 Å². The Morgan fingerprint density at radius 3 is 2.55 bits per heavy atom. The SMILES string of the molecule is O=C1c2ccccc2CN1c1ccc(NCC(O)CO)cc1. The van der Waals surface area contributed by atoms with Crippen molar-refractivity contribution < 1.29 is 15.0 Å². The fourth-order valence-electron chi connectivity index (χ4n) is 2.52. The number of anilines is 2. The Morgan fingerprint density at radius 1 is 1.14 bits per heavy atom. The van der Waals surface area contributed by atoms with Crippen LogP contribution < -0.4 is 10.2 Å². The molecule has 0 radical (unpaired) electrons. The number of carbonyl (C=O) groups excluding carboxylic acids is 1. The van der Waals surface area contributed by atoms with E-state index in [4.69, 9.17) is 5.11 Å². The summed E-state index contributed by atoms with van der Waals surface area (Å²) in [5.41, 5.74) is 3.48. The lowest BCUT2D eigenvalue weighted by molar-refractivity contribution is 0.0996. The van der Waals surface area contributed by atoms with Gasteiger partial charge in [-0.1, -0.05) is 18.2 Å². The minimum Gasteiger partial charge on any atom is -0.394 e. The van der Waals surface area contributed by atoms with Gasteiger partial charge in [0, 0.05) is 23.5 Å². The highest BCUT2D eigenvalue weighted by Crippen LogP contribution is 2.28. The number of aliphatic hydroxyl groups excluding tert-OH is 2. The van der Waals surface area contributed by atoms with Crippen molar-refractivity contribution in [3.63, 3.8) is 0 Å². The molecular weight excluding hydrogens is 280 g/mol. The highest BCUT2D eigenvalue weighted by molar-refractivity contribution is 6.10. The van der Waals surface area contributed by atoms with E-state index in [1.54, 1.807) is 4.90 Å². The average Bonchev–Trinajstić information content (AvgIpc) is 2.90. The molecule has 1 heterocycles. The molecule has 0 aliphatic carbocycles. The van der Waals surface area contributed by atoms with E-state index in [0.717, 1.165) is 22.5 Å². The van der Waals surface area contributed by atoms with Gasteiger partial charge >= 0.3 is 0 Å². The number of nitrogens with one attached hydrogen (secondary N) is 1. The van der Waals surface area contributed by atoms with Crippen molar-refractivity contribution in [2.45, 2.75) is 12.6 Å². The summed E-state index contributed by atoms with van der Waals surface area (Å²) in [6.07, 6.45) is -0.783. The lowest BCUT2D eigenvalue weighted by Gasteiger charge is -2.17. The number of amides is 1. The first-order valence-electron chi connectivity index (χ1n) is 7.21. The normalized spacial score (nSPS) is 14.8. The third-order valence-corrected chi connectivity index (χ3v) is 3.75. The molecule has 1 amide bonds. The second-order valence-corrected chi connectivity index (χ2v) is 5.31. The zero-order chi connectivity index (χ0) is 15.5. The van der Waals surface area contributed by atoms with Crippen molar-refractivity contribution in [3.05, 3.63) is 59.7 Å². The first-order valence-corrected chi connectivity index (χ1v) is 7.21. The van der Waals surface area contributed by atoms with E-state index in [1.807, 2.05) is 48.5 Å². The maximum Gasteiger partial charge on any atom is 0.258 e. The molecule has 114 valence electrons. The lowest BCUT2D eigenvalue weighted by atomic mass is 10.1. The Morgan fingerprint density at radius 2 is 1.86 bits per heavy atom. The number of rotatable bonds is 5. The Bertz CT molecular complexity index is 670. The number of hydrogen-bond acceptors (Lipinski definition) is 4. The van der Waals surface area contributed by atoms with Gasteiger partial charge in [0.25, 0.3) is 5.91 Å². The molecule has 0 bridgehead atoms. The molecular formula is C17H18N2O3. The molecule has 3 N–H and O–H groups in total. The van der Waals surface area contributed by atoms with Crippen LogP contribution in [0.15, 0.2) is 48.5 Å². The molecule has 3 rings (SSSR count). The van der Waals surface area contributed by atoms with Gasteiger partial charge in [-0.2, -0.15) is 0 Å². The van der Waals surface area contributed by atoms with Crippen LogP contribution in [-0.2, 0) is 6.54 Å². The van der Waals surface area contributed by atoms with Gasteiger partial charge in [-0.05, 0) is 35.9 Å². The van der Waals surface area contributed by atoms with Crippen LogP contribution >= 0.6 is 0 Å². The second kappa shape index (κ2) is 6.17. The molecule has 5 nitrogen and oxygen atoms in total. The van der Waals surface area contributed by atoms with E-state index in [1.165, 1.54) is 0 Å². The third-order valence-electron chi connectivity index (χ3n) is 3.75. The highest BCUT2D eigenvalue weighted by atomic mass is 16.3. The zero-order valence-corrected chi connectivity index (χ0v) is 12.1. The molecule has 2 aromatic rings. The summed E-state index contributed by atoms with van der Waals surface area (Å²) in [7, 11) is 0. The van der Waals surface area contributed by atoms with E-state index in [2.05, 4.69) is 5.32 Å². The minimum absolute atomic E-state index is 0.0204. The molecule has 1 unspecified atom stereocenters. The quantitative estimate of drug-likeness (QED) is 0.784. The Hall–Kier alpha value is -2.37. The van der Waals surface area contributed by atoms with Gasteiger partial charge in [0.05, 0.1) is 19.3 Å². The van der Waals surface area contributed by atoms with E-state index in [-0.39, 0.29) is 19.1 Å². The maximum atomic E-state index is 12.4. The number of aliphatic hydroxyl groups is 2. The van der Waals surface area contributed by atoms with Crippen LogP contribution in [0.4, 0.5) is 11.4 Å². The van der Waals surface area contributed by atoms with E-state index >= 15 is 0 Å². The number of fused-ring (bicyclic) bond motifs is 1. The van der Waals surface area contributed by atoms with Crippen LogP contribution in [0.3, 0.4) is 0 Å². The third kappa shape index (κ3) is 2.81. The largest absolute Gasteiger partial charge is 0.394 e. The summed E-state index contributed by atoms with van der Waals surface area (Å²) in [6.45, 7) is 0.598. The molecule has 0 fully saturated rings. The smallest absolute Gasteiger partial charge is 0.258 e. The number of benzene rings is 2. The standard InChI is InChI=1S/C17H18N2O3/c20-11-15(21)9-18-13-5-7-14(8-6-13)19-10-12-3-1-2-4-16(12)17(19)22/h1-8,15,18,20-21H,9-11H2. The van der Waals surface area contributed by atoms with Crippen molar-refractivity contribution in [3.8, 4) is 0 Å². The van der Waals surface area contributed by atoms with Gasteiger partial charge in [0.1, 0.15) is 0 Å². The molecule has 2 aromatic carbocycles. The molecule has 5 heteroatoms. The zero-order valence-electron chi connectivity index (χ0n) is 12.1. The summed E-state index contributed by atoms with van der Waals surface area (Å²) in [4.78, 5) is 14.1. The van der Waals surface area contributed by atoms with Crippen LogP contribution in [0.2, 0.25) is 0 Å². The van der Waals surface area contributed by atoms with Gasteiger partial charge in [-0.3, -0.25) is 4.79 Å². The summed E-state index contributed by atoms with van der Waals surface area (Å²) < 4.78 is 0. The van der Waals surface area contributed by atoms with Crippen molar-refractivity contribution in [2.75, 3.05) is 23.4 Å². The monoisotopic (exact) mass is 298 g/mol. The number of hydrogen-bond donors (Lipinski definition) is 3. The molecule has 1 aliphatic heterocycles. The summed E-state index contributed by atoms with van der Waals surface area (Å²) >= 11 is 0. The van der Waals surface area contributed by atoms with Gasteiger partial charge in [-0.25, -0.2) is 0 Å². The van der Waals surface area contributed by atoms with Crippen LogP contribution in [-0.4, -0.2) is 35.4 Å². The Balaban J connectivity index is 1.71. The summed E-state index contributed by atoms with van der Waals surface area (Å²) in [6, 6.07) is 15.1. The molecule has 0 saturated heterocycles. The van der Waals surface area contributed by atoms with Crippen LogP contribution in [0, 0.1) is 0 Å². The van der Waals surface area contributed by atoms with E-state index < -0.39 is 6.10 Å². The van der Waals surface area contributed by atoms with E-state index in [9.17, 15) is 9.90 Å². The van der Waals surface area contributed by atoms with Gasteiger partial charge in [0.15, 0.2) is 0 Å². The summed E-state index contributed by atoms with van der Waals surface area (Å²) in [5, 5.41) is 21.1. The van der Waals surface area contributed by atoms with E-state index in [0.29, 0.717) is 6.54 Å². The molecule has 0 saturated carbocycles. The van der Waals surface area contributed by atoms with Gasteiger partial charge < -0.3 is 20.4 Å². The lowest BCUT2D eigenvalue weighted by Crippen LogP contribution is -2.24. The molecule has 22 heavy (non-hydrogen) atoms. The fourth-order valence-corrected chi connectivity index (χ4v) is 2.52. The van der Waals surface area contributed by atoms with Crippen molar-refractivity contribution in [1.82, 2.24) is 0 Å². The van der Waals surface area contributed by atoms with Crippen molar-refractivity contribution in [1.29, 1.82) is 0 Å². The molecule has 0 aromatic heterocycles. The van der Waals surface area contributed by atoms with Gasteiger partial charge in [-0.15, -0.1) is 0 Å². The molecule has 1 aliphatic rings. The number of nitrogens with zero attached hydrogens (tertiary/aromatic N) is 1. The predicted octanol–water partition coefficient (Wildman–Crippen LogP) is 1.61. The summed E-state index contributed by atoms with van der Waals surface area (Å²) in [5.74, 6) is 0.0204. The second-order valence-electron chi connectivity index (χ2n) is 5.31. The Labute approximate surface area is 128 Å². The minimum atomic E-state index is -0.783. The van der Waals surface area contributed by atoms with Crippen LogP contribution in [0.5, 0.6) is 0 Å². The average molecular weight is 298 g/mol. The maximum absolute atomic E-state index is 12.4. The predicted molar refractivity (Wildman–Crippen MR) is 85.0 cm³/mol. The highest BCUT2D eigenvalue weighted by Gasteiger charge is 2.27. The molecule has 1 atom stereocenters. The first-order chi connectivity index (χ1) is 10.7. The Kier molecular flexibility index (Phi) is 4.09. The van der Waals surface area contributed by atoms with Crippen molar-refractivity contribution >= 4 is 17.3 Å². The first kappa shape index (κ1) is 14.6. The van der Waals surface area contributed by atoms with Crippen LogP contribution in [0.25, 0.3) is 0 Å². The van der Waals surface area contributed by atoms with Gasteiger partial charge in [0.2, 0.25) is 0 Å². The molecule has 0 spiro atoms. The number of carbonyl (C=O) groups is 1.